The molecule has 0 atom stereocenters. The van der Waals surface area contributed by atoms with Crippen LogP contribution in [0.4, 0.5) is 0 Å². The second-order valence-corrected chi connectivity index (χ2v) is 6.63. The van der Waals surface area contributed by atoms with Crippen molar-refractivity contribution < 1.29 is 0 Å². The maximum Gasteiger partial charge on any atom is -0.00179 e. The molecule has 1 nitrogen and oxygen atoms in total. The molecule has 2 fully saturated rings. The fourth-order valence-electron chi connectivity index (χ4n) is 4.26. The summed E-state index contributed by atoms with van der Waals surface area (Å²) in [6.07, 6.45) is 11.5. The number of nitrogens with two attached hydrogens (primary N) is 1. The molecule has 0 aromatic heterocycles. The summed E-state index contributed by atoms with van der Waals surface area (Å²) in [6, 6.07) is 0. The molecule has 2 saturated carbocycles. The van der Waals surface area contributed by atoms with E-state index in [1.54, 1.807) is 0 Å². The van der Waals surface area contributed by atoms with Crippen molar-refractivity contribution in [3.05, 3.63) is 0 Å². The predicted octanol–water partition coefficient (Wildman–Crippen LogP) is 3.97. The Kier molecular flexibility index (Phi) is 3.94. The molecule has 0 aromatic rings. The molecular formula is C15H29N. The predicted molar refractivity (Wildman–Crippen MR) is 70.2 cm³/mol. The first-order chi connectivity index (χ1) is 7.68. The van der Waals surface area contributed by atoms with Gasteiger partial charge in [-0.1, -0.05) is 26.7 Å². The zero-order valence-corrected chi connectivity index (χ0v) is 11.2. The van der Waals surface area contributed by atoms with Crippen LogP contribution < -0.4 is 5.73 Å². The fraction of sp³-hybridized carbons (Fsp3) is 1.00. The number of hydrogen-bond acceptors (Lipinski definition) is 1. The van der Waals surface area contributed by atoms with Gasteiger partial charge in [-0.2, -0.15) is 0 Å². The van der Waals surface area contributed by atoms with Gasteiger partial charge >= 0.3 is 0 Å². The molecule has 94 valence electrons. The summed E-state index contributed by atoms with van der Waals surface area (Å²) in [5.74, 6) is 2.83. The van der Waals surface area contributed by atoms with Crippen LogP contribution >= 0.6 is 0 Å². The third kappa shape index (κ3) is 2.30. The highest BCUT2D eigenvalue weighted by atomic mass is 14.6. The summed E-state index contributed by atoms with van der Waals surface area (Å²) in [4.78, 5) is 0. The fourth-order valence-corrected chi connectivity index (χ4v) is 4.26. The van der Waals surface area contributed by atoms with E-state index in [9.17, 15) is 0 Å². The number of hydrogen-bond donors (Lipinski definition) is 1. The first-order valence-electron chi connectivity index (χ1n) is 7.38. The minimum absolute atomic E-state index is 0.557. The zero-order valence-electron chi connectivity index (χ0n) is 11.2. The van der Waals surface area contributed by atoms with Gasteiger partial charge in [0.25, 0.3) is 0 Å². The Balaban J connectivity index is 1.92. The van der Waals surface area contributed by atoms with E-state index in [4.69, 9.17) is 5.73 Å². The molecular weight excluding hydrogens is 194 g/mol. The number of rotatable bonds is 3. The SMILES string of the molecule is CC(C)C1CCC(C2(CN)CCCC2)CC1. The Morgan fingerprint density at radius 1 is 1.06 bits per heavy atom. The van der Waals surface area contributed by atoms with E-state index in [1.807, 2.05) is 0 Å². The first-order valence-corrected chi connectivity index (χ1v) is 7.38. The Bertz CT molecular complexity index is 207. The van der Waals surface area contributed by atoms with Crippen LogP contribution in [0.25, 0.3) is 0 Å². The van der Waals surface area contributed by atoms with E-state index >= 15 is 0 Å². The topological polar surface area (TPSA) is 26.0 Å². The highest BCUT2D eigenvalue weighted by Gasteiger charge is 2.41. The van der Waals surface area contributed by atoms with Crippen molar-refractivity contribution in [1.29, 1.82) is 0 Å². The maximum absolute atomic E-state index is 6.09. The van der Waals surface area contributed by atoms with E-state index < -0.39 is 0 Å². The van der Waals surface area contributed by atoms with Gasteiger partial charge in [0.05, 0.1) is 0 Å². The molecule has 2 rings (SSSR count). The largest absolute Gasteiger partial charge is 0.330 e. The van der Waals surface area contributed by atoms with Crippen molar-refractivity contribution in [2.45, 2.75) is 65.2 Å². The van der Waals surface area contributed by atoms with E-state index in [0.717, 1.165) is 24.3 Å². The molecule has 0 bridgehead atoms. The molecule has 0 aromatic carbocycles. The lowest BCUT2D eigenvalue weighted by Gasteiger charge is -2.42. The molecule has 0 amide bonds. The van der Waals surface area contributed by atoms with Gasteiger partial charge in [0.2, 0.25) is 0 Å². The smallest absolute Gasteiger partial charge is 0.00179 e. The van der Waals surface area contributed by atoms with Crippen LogP contribution in [0.15, 0.2) is 0 Å². The highest BCUT2D eigenvalue weighted by molar-refractivity contribution is 4.93. The molecule has 0 radical (unpaired) electrons. The average molecular weight is 223 g/mol. The van der Waals surface area contributed by atoms with Gasteiger partial charge in [-0.25, -0.2) is 0 Å². The summed E-state index contributed by atoms with van der Waals surface area (Å²) < 4.78 is 0. The third-order valence-electron chi connectivity index (χ3n) is 5.59. The van der Waals surface area contributed by atoms with Crippen LogP contribution in [0.3, 0.4) is 0 Å². The normalized spacial score (nSPS) is 34.5. The molecule has 0 unspecified atom stereocenters. The van der Waals surface area contributed by atoms with Crippen LogP contribution in [0, 0.1) is 23.2 Å². The zero-order chi connectivity index (χ0) is 11.6. The van der Waals surface area contributed by atoms with Crippen LogP contribution in [0.1, 0.15) is 65.2 Å². The van der Waals surface area contributed by atoms with Gasteiger partial charge in [0.1, 0.15) is 0 Å². The van der Waals surface area contributed by atoms with Gasteiger partial charge < -0.3 is 5.73 Å². The monoisotopic (exact) mass is 223 g/mol. The summed E-state index contributed by atoms with van der Waals surface area (Å²) in [7, 11) is 0. The Hall–Kier alpha value is -0.0400. The Morgan fingerprint density at radius 2 is 1.62 bits per heavy atom. The Morgan fingerprint density at radius 3 is 2.06 bits per heavy atom. The lowest BCUT2D eigenvalue weighted by atomic mass is 9.64. The summed E-state index contributed by atoms with van der Waals surface area (Å²) in [5.41, 5.74) is 6.65. The Labute approximate surface area is 101 Å². The van der Waals surface area contributed by atoms with Gasteiger partial charge in [0.15, 0.2) is 0 Å². The first kappa shape index (κ1) is 12.4. The molecule has 1 heteroatoms. The standard InChI is InChI=1S/C15H29N/c1-12(2)13-5-7-14(8-6-13)15(11-16)9-3-4-10-15/h12-14H,3-11,16H2,1-2H3. The van der Waals surface area contributed by atoms with Crippen molar-refractivity contribution in [2.24, 2.45) is 28.9 Å². The quantitative estimate of drug-likeness (QED) is 0.770. The summed E-state index contributed by atoms with van der Waals surface area (Å²) in [6.45, 7) is 5.72. The van der Waals surface area contributed by atoms with E-state index in [2.05, 4.69) is 13.8 Å². The average Bonchev–Trinajstić information content (AvgIpc) is 2.79. The highest BCUT2D eigenvalue weighted by Crippen LogP contribution is 2.50. The van der Waals surface area contributed by atoms with Gasteiger partial charge in [-0.3, -0.25) is 0 Å². The maximum atomic E-state index is 6.09. The summed E-state index contributed by atoms with van der Waals surface area (Å²) >= 11 is 0. The molecule has 2 aliphatic rings. The second-order valence-electron chi connectivity index (χ2n) is 6.63. The van der Waals surface area contributed by atoms with Crippen LogP contribution in [0.5, 0.6) is 0 Å². The van der Waals surface area contributed by atoms with E-state index in [0.29, 0.717) is 5.41 Å². The molecule has 0 spiro atoms. The van der Waals surface area contributed by atoms with E-state index in [-0.39, 0.29) is 0 Å². The van der Waals surface area contributed by atoms with Gasteiger partial charge in [0, 0.05) is 0 Å². The second kappa shape index (κ2) is 5.08. The van der Waals surface area contributed by atoms with Crippen LogP contribution in [-0.4, -0.2) is 6.54 Å². The summed E-state index contributed by atoms with van der Waals surface area (Å²) in [5, 5.41) is 0. The molecule has 0 saturated heterocycles. The third-order valence-corrected chi connectivity index (χ3v) is 5.59. The minimum atomic E-state index is 0.557. The van der Waals surface area contributed by atoms with Crippen molar-refractivity contribution in [3.8, 4) is 0 Å². The molecule has 0 aliphatic heterocycles. The van der Waals surface area contributed by atoms with Crippen molar-refractivity contribution in [1.82, 2.24) is 0 Å². The molecule has 16 heavy (non-hydrogen) atoms. The van der Waals surface area contributed by atoms with Crippen molar-refractivity contribution in [2.75, 3.05) is 6.54 Å². The molecule has 2 N–H and O–H groups in total. The van der Waals surface area contributed by atoms with E-state index in [1.165, 1.54) is 51.4 Å². The van der Waals surface area contributed by atoms with Crippen molar-refractivity contribution >= 4 is 0 Å². The van der Waals surface area contributed by atoms with Crippen molar-refractivity contribution in [3.63, 3.8) is 0 Å². The molecule has 2 aliphatic carbocycles. The van der Waals surface area contributed by atoms with Crippen LogP contribution in [-0.2, 0) is 0 Å². The van der Waals surface area contributed by atoms with Gasteiger partial charge in [-0.05, 0) is 68.2 Å². The minimum Gasteiger partial charge on any atom is -0.330 e. The van der Waals surface area contributed by atoms with Crippen LogP contribution in [0.2, 0.25) is 0 Å². The molecule has 0 heterocycles. The lowest BCUT2D eigenvalue weighted by Crippen LogP contribution is -2.38. The lowest BCUT2D eigenvalue weighted by molar-refractivity contribution is 0.0980. The van der Waals surface area contributed by atoms with Gasteiger partial charge in [-0.15, -0.1) is 0 Å².